The van der Waals surface area contributed by atoms with E-state index in [0.29, 0.717) is 30.0 Å². The van der Waals surface area contributed by atoms with E-state index >= 15 is 0 Å². The molecule has 6 fully saturated rings. The first-order valence-electron chi connectivity index (χ1n) is 14.3. The van der Waals surface area contributed by atoms with Crippen molar-refractivity contribution in [1.82, 2.24) is 0 Å². The molecule has 2 bridgehead atoms. The molecule has 192 valence electrons. The van der Waals surface area contributed by atoms with Crippen molar-refractivity contribution in [2.24, 2.45) is 56.7 Å². The fourth-order valence-electron chi connectivity index (χ4n) is 12.0. The van der Waals surface area contributed by atoms with Gasteiger partial charge in [-0.15, -0.1) is 0 Å². The predicted octanol–water partition coefficient (Wildman–Crippen LogP) is 5.39. The van der Waals surface area contributed by atoms with Crippen LogP contribution in [-0.2, 0) is 9.53 Å². The Kier molecular flexibility index (Phi) is 4.85. The molecular weight excluding hydrogens is 424 g/mol. The molecule has 34 heavy (non-hydrogen) atoms. The molecule has 6 rings (SSSR count). The largest absolute Gasteiger partial charge is 0.396 e. The van der Waals surface area contributed by atoms with Crippen LogP contribution in [0.2, 0.25) is 0 Å². The zero-order valence-corrected chi connectivity index (χ0v) is 22.5. The van der Waals surface area contributed by atoms with Crippen molar-refractivity contribution in [3.05, 3.63) is 0 Å². The quantitative estimate of drug-likeness (QED) is 0.537. The fraction of sp³-hybridized carbons (Fsp3) is 0.967. The zero-order chi connectivity index (χ0) is 24.5. The Balaban J connectivity index is 1.48. The summed E-state index contributed by atoms with van der Waals surface area (Å²) in [5, 5.41) is 21.4. The molecule has 1 aliphatic heterocycles. The number of fused-ring (bicyclic) bond motifs is 4. The average Bonchev–Trinajstić information content (AvgIpc) is 3.09. The molecule has 1 heterocycles. The van der Waals surface area contributed by atoms with Gasteiger partial charge in [0.1, 0.15) is 5.60 Å². The summed E-state index contributed by atoms with van der Waals surface area (Å²) in [6, 6.07) is 0. The highest BCUT2D eigenvalue weighted by molar-refractivity contribution is 5.91. The average molecular weight is 473 g/mol. The number of aliphatic hydroxyl groups excluding tert-OH is 2. The van der Waals surface area contributed by atoms with Crippen molar-refractivity contribution >= 4 is 5.78 Å². The Hall–Kier alpha value is -0.450. The van der Waals surface area contributed by atoms with Crippen molar-refractivity contribution in [1.29, 1.82) is 0 Å². The van der Waals surface area contributed by atoms with Gasteiger partial charge in [-0.25, -0.2) is 0 Å². The van der Waals surface area contributed by atoms with Crippen LogP contribution >= 0.6 is 0 Å². The van der Waals surface area contributed by atoms with Crippen LogP contribution in [-0.4, -0.2) is 40.9 Å². The molecule has 0 unspecified atom stereocenters. The summed E-state index contributed by atoms with van der Waals surface area (Å²) in [7, 11) is 0. The number of hydrogen-bond acceptors (Lipinski definition) is 4. The molecule has 5 aliphatic carbocycles. The monoisotopic (exact) mass is 472 g/mol. The standard InChI is InChI=1S/C30H48O4/c1-18-7-12-29-14-13-28(6)27(5)11-8-20-25(3,10-9-22(32)26(20,4)16-31)21(27)15-23(33)30(28,34-17-29)24(29)19(18)2/h18-22,24,31-32H,7-17H2,1-6H3/t18-,19+,20-,21-,22+,24-,25+,26+,27-,28+,29-,30-/m1/s1. The molecule has 0 radical (unpaired) electrons. The summed E-state index contributed by atoms with van der Waals surface area (Å²) in [4.78, 5) is 14.6. The Morgan fingerprint density at radius 2 is 1.68 bits per heavy atom. The topological polar surface area (TPSA) is 66.8 Å². The molecule has 12 atom stereocenters. The molecule has 1 saturated heterocycles. The highest BCUT2D eigenvalue weighted by atomic mass is 16.5. The Bertz CT molecular complexity index is 902. The minimum absolute atomic E-state index is 0.0239. The van der Waals surface area contributed by atoms with E-state index in [-0.39, 0.29) is 40.1 Å². The first-order valence-corrected chi connectivity index (χ1v) is 14.3. The number of ether oxygens (including phenoxy) is 1. The maximum absolute atomic E-state index is 14.6. The van der Waals surface area contributed by atoms with Crippen LogP contribution in [0.1, 0.15) is 99.3 Å². The van der Waals surface area contributed by atoms with Gasteiger partial charge in [-0.05, 0) is 85.9 Å². The molecule has 0 aromatic heterocycles. The van der Waals surface area contributed by atoms with Gasteiger partial charge < -0.3 is 14.9 Å². The van der Waals surface area contributed by atoms with Gasteiger partial charge in [-0.1, -0.05) is 41.5 Å². The van der Waals surface area contributed by atoms with Gasteiger partial charge in [0.15, 0.2) is 5.78 Å². The van der Waals surface area contributed by atoms with E-state index in [4.69, 9.17) is 4.74 Å². The van der Waals surface area contributed by atoms with Gasteiger partial charge in [0.2, 0.25) is 0 Å². The number of carbonyl (C=O) groups is 1. The number of ketones is 1. The van der Waals surface area contributed by atoms with Crippen molar-refractivity contribution in [2.75, 3.05) is 13.2 Å². The number of rotatable bonds is 1. The first kappa shape index (κ1) is 23.9. The smallest absolute Gasteiger partial charge is 0.165 e. The third kappa shape index (κ3) is 2.32. The summed E-state index contributed by atoms with van der Waals surface area (Å²) in [6.07, 6.45) is 8.72. The summed E-state index contributed by atoms with van der Waals surface area (Å²) in [6.45, 7) is 15.1. The molecule has 4 nitrogen and oxygen atoms in total. The number of aliphatic hydroxyl groups is 2. The van der Waals surface area contributed by atoms with Crippen LogP contribution in [0.15, 0.2) is 0 Å². The second kappa shape index (κ2) is 6.90. The van der Waals surface area contributed by atoms with E-state index in [0.717, 1.165) is 38.7 Å². The third-order valence-electron chi connectivity index (χ3n) is 14.4. The van der Waals surface area contributed by atoms with E-state index in [9.17, 15) is 15.0 Å². The second-order valence-electron chi connectivity index (χ2n) is 15.0. The van der Waals surface area contributed by atoms with Crippen LogP contribution in [0.4, 0.5) is 0 Å². The minimum Gasteiger partial charge on any atom is -0.396 e. The predicted molar refractivity (Wildman–Crippen MR) is 132 cm³/mol. The van der Waals surface area contributed by atoms with Gasteiger partial charge >= 0.3 is 0 Å². The number of carbonyl (C=O) groups excluding carboxylic acids is 1. The van der Waals surface area contributed by atoms with Crippen LogP contribution in [0.3, 0.4) is 0 Å². The normalized spacial score (nSPS) is 62.9. The van der Waals surface area contributed by atoms with Gasteiger partial charge in [-0.2, -0.15) is 0 Å². The highest BCUT2D eigenvalue weighted by Gasteiger charge is 2.81. The lowest BCUT2D eigenvalue weighted by atomic mass is 9.30. The lowest BCUT2D eigenvalue weighted by molar-refractivity contribution is -0.276. The maximum Gasteiger partial charge on any atom is 0.165 e. The summed E-state index contributed by atoms with van der Waals surface area (Å²) < 4.78 is 6.97. The van der Waals surface area contributed by atoms with E-state index in [1.807, 2.05) is 0 Å². The molecule has 0 amide bonds. The summed E-state index contributed by atoms with van der Waals surface area (Å²) in [5.41, 5.74) is -1.07. The van der Waals surface area contributed by atoms with Gasteiger partial charge in [0, 0.05) is 28.6 Å². The lowest BCUT2D eigenvalue weighted by Gasteiger charge is -2.74. The zero-order valence-electron chi connectivity index (χ0n) is 22.5. The van der Waals surface area contributed by atoms with Crippen LogP contribution in [0.25, 0.3) is 0 Å². The van der Waals surface area contributed by atoms with Crippen molar-refractivity contribution in [2.45, 2.75) is 111 Å². The van der Waals surface area contributed by atoms with Crippen molar-refractivity contribution in [3.8, 4) is 0 Å². The molecule has 2 N–H and O–H groups in total. The number of Topliss-reactive ketones (excluding diaryl/α,β-unsaturated/α-hetero) is 1. The SMILES string of the molecule is C[C@H]1[C@H](C)CC[C@@]23CC[C@]4(C)[C@@](OC2)(C(=O)C[C@@H]2[C@@]5(C)CC[C@H](O)[C@@](C)(CO)[C@@H]5CC[C@]24C)[C@H]13. The summed E-state index contributed by atoms with van der Waals surface area (Å²) >= 11 is 0. The molecular formula is C30H48O4. The first-order chi connectivity index (χ1) is 15.9. The highest BCUT2D eigenvalue weighted by Crippen LogP contribution is 2.79. The van der Waals surface area contributed by atoms with E-state index in [2.05, 4.69) is 41.5 Å². The molecule has 5 saturated carbocycles. The van der Waals surface area contributed by atoms with Crippen LogP contribution in [0.5, 0.6) is 0 Å². The minimum atomic E-state index is -0.623. The van der Waals surface area contributed by atoms with E-state index < -0.39 is 17.1 Å². The lowest BCUT2D eigenvalue weighted by Crippen LogP contribution is -2.75. The molecule has 0 aromatic rings. The van der Waals surface area contributed by atoms with E-state index in [1.165, 1.54) is 19.3 Å². The van der Waals surface area contributed by atoms with Gasteiger partial charge in [0.05, 0.1) is 19.3 Å². The summed E-state index contributed by atoms with van der Waals surface area (Å²) in [5.74, 6) is 2.45. The third-order valence-corrected chi connectivity index (χ3v) is 14.4. The Labute approximate surface area is 206 Å². The van der Waals surface area contributed by atoms with Crippen LogP contribution in [0, 0.1) is 56.7 Å². The fourth-order valence-corrected chi connectivity index (χ4v) is 12.0. The van der Waals surface area contributed by atoms with E-state index in [1.54, 1.807) is 0 Å². The van der Waals surface area contributed by atoms with Gasteiger partial charge in [-0.3, -0.25) is 4.79 Å². The Morgan fingerprint density at radius 1 is 0.941 bits per heavy atom. The van der Waals surface area contributed by atoms with Crippen molar-refractivity contribution in [3.63, 3.8) is 0 Å². The molecule has 4 heteroatoms. The van der Waals surface area contributed by atoms with Crippen LogP contribution < -0.4 is 0 Å². The number of hydrogen-bond donors (Lipinski definition) is 2. The molecule has 6 aliphatic rings. The van der Waals surface area contributed by atoms with Gasteiger partial charge in [0.25, 0.3) is 0 Å². The molecule has 0 aromatic carbocycles. The Morgan fingerprint density at radius 3 is 2.38 bits per heavy atom. The van der Waals surface area contributed by atoms with Crippen molar-refractivity contribution < 1.29 is 19.7 Å². The second-order valence-corrected chi connectivity index (χ2v) is 15.0. The molecule has 1 spiro atoms. The maximum atomic E-state index is 14.6.